The number of methoxy groups -OCH3 is 2. The van der Waals surface area contributed by atoms with Crippen LogP contribution in [0.25, 0.3) is 0 Å². The molecule has 10 unspecified atom stereocenters. The predicted molar refractivity (Wildman–Crippen MR) is 452 cm³/mol. The van der Waals surface area contributed by atoms with Gasteiger partial charge in [0.15, 0.2) is 17.3 Å². The summed E-state index contributed by atoms with van der Waals surface area (Å²) >= 11 is 0. The van der Waals surface area contributed by atoms with E-state index in [0.717, 1.165) is 116 Å². The van der Waals surface area contributed by atoms with Crippen LogP contribution in [0.15, 0.2) is 97.1 Å². The van der Waals surface area contributed by atoms with Crippen LogP contribution < -0.4 is 0 Å². The van der Waals surface area contributed by atoms with Crippen molar-refractivity contribution in [3.8, 4) is 0 Å². The maximum atomic E-state index is 12.9. The molecule has 8 aliphatic rings. The molecular weight excluding hydrogens is 1770 g/mol. The molecule has 3 aliphatic heterocycles. The maximum Gasteiger partial charge on any atom is 0.509 e. The first-order valence-electron chi connectivity index (χ1n) is 43.4. The Kier molecular flexibility index (Phi) is 56.5. The number of carbonyl (C=O) groups is 16. The van der Waals surface area contributed by atoms with Crippen molar-refractivity contribution in [2.45, 2.75) is 294 Å². The van der Waals surface area contributed by atoms with E-state index < -0.39 is 90.5 Å². The molecule has 10 atom stereocenters. The summed E-state index contributed by atoms with van der Waals surface area (Å²) in [5, 5.41) is 18.2. The topological polar surface area (TPSA) is 446 Å². The summed E-state index contributed by atoms with van der Waals surface area (Å²) in [7, 11) is 3.24. The molecule has 34 heteroatoms. The molecule has 5 aliphatic carbocycles. The van der Waals surface area contributed by atoms with Crippen molar-refractivity contribution >= 4 is 95.8 Å². The SMILES string of the molecule is C1CCC2OC2C1.C=O.CC(=O)CCCCCO.CC(=O)COC(=O)c1ccccc1C(=O)OC1CCCCC1O.COC1CCCCC1OC(=O)OC1CCCCC1OC(=O)c1ccccc1C(=O)OCC(C)=O.COCCCCCC(=O)OC1CCCCC1OC(=O)c1ccccc1C(=O)OCC(C)=O.O=C1CCCCCO1.O=C1OC(=O)c2ccccc21.[Zn].[Zn]. The molecule has 2 N–H and O–H groups in total. The normalized spacial score (nSPS) is 20.6. The molecule has 2 saturated heterocycles. The standard InChI is InChI=1S/C25H32O9.C24H32O8.C17H20O6.C8H4O3.C7H14O2.C6H10O2.C6H10O.CH2O.2Zn/c1-16(26)15-31-23(27)17-9-3-4-10-18(17)24(28)32-21-13-7-8-14-22(21)34-25(29)33-20-12-6-5-11-19(20)30-2;1-17(25)16-30-23(27)18-10-5-6-11-19(18)24(28)32-21-13-8-7-12-20(21)31-22(26)14-4-3-9-15-29-2;1-11(18)10-22-16(20)12-6-2-3-7-13(12)17(21)23-15-9-5-4-8-14(15)19;9-7-5-3-1-2-4-6(5)8(10)11-7;1-7(9)5-3-2-4-6-8;7-6-4-2-1-3-5-8-6;1-2-4-6-5(3-1)7-6;1-2;;/h3-4,9-10,19-22H,5-8,11-15H2,1-2H3;5-6,10-11,20-21H,3-4,7-9,12-16H2,1-2H3;2-3,6-7,14-15,19H,4-5,8-10H2,1H3;1-4H;8H,2-6H2,1H3;1-5H2;5-6H,1-4H2;1H2;;. The Balaban J connectivity index is 0.000000411. The minimum absolute atomic E-state index is 0. The van der Waals surface area contributed by atoms with Crippen LogP contribution in [-0.4, -0.2) is 221 Å². The molecular formula is C94H124O32Zn2. The number of ether oxygens (including phenoxy) is 14. The third-order valence-electron chi connectivity index (χ3n) is 20.9. The largest absolute Gasteiger partial charge is 0.509 e. The van der Waals surface area contributed by atoms with Gasteiger partial charge in [0, 0.05) is 85.7 Å². The molecule has 4 aromatic rings. The fourth-order valence-corrected chi connectivity index (χ4v) is 14.3. The van der Waals surface area contributed by atoms with Crippen LogP contribution in [0.1, 0.15) is 316 Å². The number of Topliss-reactive ketones (excluding diaryl/α,β-unsaturated/α-hetero) is 4. The van der Waals surface area contributed by atoms with Crippen LogP contribution in [0.4, 0.5) is 4.79 Å². The molecule has 0 amide bonds. The van der Waals surface area contributed by atoms with Gasteiger partial charge in [-0.3, -0.25) is 24.0 Å². The molecule has 0 aromatic heterocycles. The molecule has 0 spiro atoms. The maximum absolute atomic E-state index is 12.9. The van der Waals surface area contributed by atoms with Crippen LogP contribution in [0, 0.1) is 0 Å². The summed E-state index contributed by atoms with van der Waals surface area (Å²) in [6.07, 6.45) is 24.1. The number of esters is 10. The van der Waals surface area contributed by atoms with E-state index in [2.05, 4.69) is 4.74 Å². The Bertz CT molecular complexity index is 4110. The Morgan fingerprint density at radius 3 is 1.12 bits per heavy atom. The predicted octanol–water partition coefficient (Wildman–Crippen LogP) is 13.9. The Morgan fingerprint density at radius 1 is 0.383 bits per heavy atom. The third kappa shape index (κ3) is 42.8. The number of fused-ring (bicyclic) bond motifs is 2. The average molecular weight is 1900 g/mol. The van der Waals surface area contributed by atoms with Crippen molar-refractivity contribution in [2.75, 3.05) is 53.9 Å². The van der Waals surface area contributed by atoms with Gasteiger partial charge in [-0.15, -0.1) is 0 Å². The van der Waals surface area contributed by atoms with Crippen molar-refractivity contribution in [1.29, 1.82) is 0 Å². The summed E-state index contributed by atoms with van der Waals surface area (Å²) in [6.45, 7) is 7.96. The van der Waals surface area contributed by atoms with E-state index in [4.69, 9.17) is 71.5 Å². The minimum Gasteiger partial charge on any atom is -0.466 e. The number of rotatable bonds is 30. The number of aliphatic hydroxyl groups is 2. The van der Waals surface area contributed by atoms with Gasteiger partial charge in [0.05, 0.1) is 75.5 Å². The summed E-state index contributed by atoms with van der Waals surface area (Å²) in [4.78, 5) is 183. The van der Waals surface area contributed by atoms with Crippen LogP contribution in [0.3, 0.4) is 0 Å². The first kappa shape index (κ1) is 113. The van der Waals surface area contributed by atoms with Gasteiger partial charge < -0.3 is 86.1 Å². The second-order valence-electron chi connectivity index (χ2n) is 31.2. The molecule has 12 rings (SSSR count). The molecule has 0 radical (unpaired) electrons. The first-order chi connectivity index (χ1) is 60.7. The first-order valence-corrected chi connectivity index (χ1v) is 43.4. The van der Waals surface area contributed by atoms with E-state index >= 15 is 0 Å². The third-order valence-corrected chi connectivity index (χ3v) is 20.9. The molecule has 128 heavy (non-hydrogen) atoms. The Morgan fingerprint density at radius 2 is 0.734 bits per heavy atom. The van der Waals surface area contributed by atoms with Gasteiger partial charge in [-0.25, -0.2) is 43.2 Å². The smallest absolute Gasteiger partial charge is 0.466 e. The number of aliphatic hydroxyl groups excluding tert-OH is 2. The summed E-state index contributed by atoms with van der Waals surface area (Å²) in [5.41, 5.74) is 0.935. The zero-order chi connectivity index (χ0) is 92.1. The number of hydrogen-bond donors (Lipinski definition) is 2. The Labute approximate surface area is 773 Å². The van der Waals surface area contributed by atoms with E-state index in [1.165, 1.54) is 82.9 Å². The molecule has 7 fully saturated rings. The number of epoxide rings is 1. The Hall–Kier alpha value is -9.55. The minimum atomic E-state index is -0.796. The van der Waals surface area contributed by atoms with E-state index in [9.17, 15) is 77.0 Å². The molecule has 3 heterocycles. The van der Waals surface area contributed by atoms with Gasteiger partial charge in [-0.05, 0) is 224 Å². The number of unbranched alkanes of at least 4 members (excludes halogenated alkanes) is 4. The number of carbonyl (C=O) groups excluding carboxylic acids is 16. The van der Waals surface area contributed by atoms with Gasteiger partial charge in [0.25, 0.3) is 0 Å². The van der Waals surface area contributed by atoms with E-state index in [0.29, 0.717) is 101 Å². The zero-order valence-corrected chi connectivity index (χ0v) is 80.6. The number of cyclic esters (lactones) is 3. The second kappa shape index (κ2) is 64.2. The van der Waals surface area contributed by atoms with E-state index in [1.54, 1.807) is 81.8 Å². The van der Waals surface area contributed by atoms with Crippen LogP contribution in [0.5, 0.6) is 0 Å². The van der Waals surface area contributed by atoms with Gasteiger partial charge in [0.2, 0.25) is 0 Å². The summed E-state index contributed by atoms with van der Waals surface area (Å²) < 4.78 is 72.9. The monoisotopic (exact) mass is 1890 g/mol. The van der Waals surface area contributed by atoms with Crippen molar-refractivity contribution in [3.63, 3.8) is 0 Å². The molecule has 0 bridgehead atoms. The fourth-order valence-electron chi connectivity index (χ4n) is 14.3. The van der Waals surface area contributed by atoms with Gasteiger partial charge in [0.1, 0.15) is 69.0 Å². The van der Waals surface area contributed by atoms with Crippen molar-refractivity contribution in [1.82, 2.24) is 0 Å². The number of benzene rings is 4. The summed E-state index contributed by atoms with van der Waals surface area (Å²) in [6, 6.07) is 24.8. The van der Waals surface area contributed by atoms with Crippen LogP contribution >= 0.6 is 0 Å². The van der Waals surface area contributed by atoms with Gasteiger partial charge in [-0.1, -0.05) is 87.1 Å². The van der Waals surface area contributed by atoms with Crippen LogP contribution in [0.2, 0.25) is 0 Å². The molecule has 4 aromatic carbocycles. The second-order valence-corrected chi connectivity index (χ2v) is 31.2. The van der Waals surface area contributed by atoms with Gasteiger partial charge in [-0.2, -0.15) is 0 Å². The van der Waals surface area contributed by atoms with Crippen molar-refractivity contribution < 1.29 is 192 Å². The fraction of sp³-hybridized carbons (Fsp3) is 0.574. The molecule has 5 saturated carbocycles. The molecule has 32 nitrogen and oxygen atoms in total. The number of hydrogen-bond acceptors (Lipinski definition) is 32. The van der Waals surface area contributed by atoms with E-state index in [-0.39, 0.29) is 146 Å². The van der Waals surface area contributed by atoms with Crippen LogP contribution in [-0.2, 0) is 139 Å². The zero-order valence-electron chi connectivity index (χ0n) is 74.6. The van der Waals surface area contributed by atoms with Gasteiger partial charge >= 0.3 is 65.8 Å². The van der Waals surface area contributed by atoms with Crippen molar-refractivity contribution in [3.05, 3.63) is 142 Å². The molecule has 696 valence electrons. The number of ketones is 4. The van der Waals surface area contributed by atoms with Crippen molar-refractivity contribution in [2.24, 2.45) is 0 Å². The summed E-state index contributed by atoms with van der Waals surface area (Å²) in [5.74, 6) is -6.49. The average Bonchev–Trinajstić information content (AvgIpc) is 1.79. The van der Waals surface area contributed by atoms with E-state index in [1.807, 2.05) is 6.79 Å². The quantitative estimate of drug-likeness (QED) is 0.0122.